The number of unbranched alkanes of at least 4 members (excludes halogenated alkanes) is 39. The molecule has 0 amide bonds. The molecule has 0 aromatic rings. The minimum atomic E-state index is -0.795. The van der Waals surface area contributed by atoms with Crippen LogP contribution in [0, 0.1) is 0 Å². The van der Waals surface area contributed by atoms with Crippen LogP contribution in [-0.4, -0.2) is 37.2 Å². The van der Waals surface area contributed by atoms with E-state index in [1.54, 1.807) is 0 Å². The van der Waals surface area contributed by atoms with E-state index in [1.807, 2.05) is 0 Å². The minimum Gasteiger partial charge on any atom is -0.462 e. The van der Waals surface area contributed by atoms with Crippen LogP contribution in [0.5, 0.6) is 0 Å². The molecule has 0 saturated heterocycles. The topological polar surface area (TPSA) is 78.9 Å². The zero-order valence-electron chi connectivity index (χ0n) is 51.9. The number of carbonyl (C=O) groups excluding carboxylic acids is 3. The zero-order chi connectivity index (χ0) is 56.4. The third kappa shape index (κ3) is 63.7. The fraction of sp³-hybridized carbons (Fsp3) is 0.792. The number of rotatable bonds is 62. The van der Waals surface area contributed by atoms with E-state index in [1.165, 1.54) is 193 Å². The molecule has 0 N–H and O–H groups in total. The predicted molar refractivity (Wildman–Crippen MR) is 339 cm³/mol. The third-order valence-electron chi connectivity index (χ3n) is 14.9. The summed E-state index contributed by atoms with van der Waals surface area (Å²) in [6, 6.07) is 0. The summed E-state index contributed by atoms with van der Waals surface area (Å²) in [6.07, 6.45) is 86.5. The van der Waals surface area contributed by atoms with Gasteiger partial charge in [-0.1, -0.05) is 312 Å². The molecule has 6 nitrogen and oxygen atoms in total. The Labute approximate surface area is 484 Å². The molecule has 0 radical (unpaired) electrons. The van der Waals surface area contributed by atoms with Gasteiger partial charge in [0.05, 0.1) is 0 Å². The summed E-state index contributed by atoms with van der Waals surface area (Å²) in [6.45, 7) is 6.52. The van der Waals surface area contributed by atoms with Crippen molar-refractivity contribution in [1.29, 1.82) is 0 Å². The van der Waals surface area contributed by atoms with Crippen molar-refractivity contribution in [2.45, 2.75) is 354 Å². The third-order valence-corrected chi connectivity index (χ3v) is 14.9. The van der Waals surface area contributed by atoms with Crippen LogP contribution in [0.1, 0.15) is 348 Å². The van der Waals surface area contributed by atoms with E-state index in [0.717, 1.165) is 116 Å². The Balaban J connectivity index is 4.26. The van der Waals surface area contributed by atoms with Gasteiger partial charge < -0.3 is 14.2 Å². The maximum atomic E-state index is 12.9. The van der Waals surface area contributed by atoms with Crippen LogP contribution in [-0.2, 0) is 28.6 Å². The monoisotopic (exact) mass is 1090 g/mol. The van der Waals surface area contributed by atoms with Crippen molar-refractivity contribution in [3.05, 3.63) is 72.9 Å². The van der Waals surface area contributed by atoms with Crippen molar-refractivity contribution >= 4 is 17.9 Å². The first-order valence-electron chi connectivity index (χ1n) is 33.9. The molecule has 452 valence electrons. The normalized spacial score (nSPS) is 12.5. The van der Waals surface area contributed by atoms with Crippen LogP contribution in [0.3, 0.4) is 0 Å². The number of ether oxygens (including phenoxy) is 3. The summed E-state index contributed by atoms with van der Waals surface area (Å²) in [7, 11) is 0. The molecule has 0 aliphatic carbocycles. The number of carbonyl (C=O) groups is 3. The zero-order valence-corrected chi connectivity index (χ0v) is 51.9. The molecule has 0 saturated carbocycles. The average molecular weight is 1090 g/mol. The van der Waals surface area contributed by atoms with Gasteiger partial charge in [0.25, 0.3) is 0 Å². The van der Waals surface area contributed by atoms with Gasteiger partial charge in [-0.3, -0.25) is 14.4 Å². The highest BCUT2D eigenvalue weighted by molar-refractivity contribution is 5.71. The highest BCUT2D eigenvalue weighted by Gasteiger charge is 2.19. The second-order valence-electron chi connectivity index (χ2n) is 22.7. The summed E-state index contributed by atoms with van der Waals surface area (Å²) in [5, 5.41) is 0. The van der Waals surface area contributed by atoms with Gasteiger partial charge in [-0.15, -0.1) is 0 Å². The lowest BCUT2D eigenvalue weighted by molar-refractivity contribution is -0.167. The standard InChI is InChI=1S/C72H128O6/c1-4-7-10-13-16-19-22-25-28-30-31-32-33-34-35-36-37-38-39-40-42-44-47-50-53-56-59-62-65-71(74)77-68-69(67-76-70(73)64-61-58-55-52-49-46-43-27-24-21-18-15-12-9-6-3)78-72(75)66-63-60-57-54-51-48-45-41-29-26-23-20-17-14-11-8-5-2/h8,11,17-18,20-21,26-27,29,43,45,48,69H,4-7,9-10,12-16,19,22-25,28,30-42,44,46-47,49-68H2,1-3H3/b11-8-,20-17-,21-18-,29-26-,43-27-,48-45-. The number of hydrogen-bond acceptors (Lipinski definition) is 6. The number of allylic oxidation sites excluding steroid dienone is 12. The van der Waals surface area contributed by atoms with Gasteiger partial charge in [-0.05, 0) is 89.9 Å². The van der Waals surface area contributed by atoms with Crippen LogP contribution in [0.15, 0.2) is 72.9 Å². The fourth-order valence-corrected chi connectivity index (χ4v) is 9.88. The Hall–Kier alpha value is -3.15. The summed E-state index contributed by atoms with van der Waals surface area (Å²) in [5.74, 6) is -0.909. The Morgan fingerprint density at radius 1 is 0.269 bits per heavy atom. The molecule has 78 heavy (non-hydrogen) atoms. The van der Waals surface area contributed by atoms with Gasteiger partial charge in [0.2, 0.25) is 0 Å². The Kier molecular flexibility index (Phi) is 63.7. The largest absolute Gasteiger partial charge is 0.462 e. The molecule has 0 aromatic heterocycles. The van der Waals surface area contributed by atoms with Crippen LogP contribution in [0.4, 0.5) is 0 Å². The SMILES string of the molecule is CC/C=C\C/C=C\C/C=C\C/C=C\CCCCCCC(=O)OC(COC(=O)CCCCCCC/C=C\C/C=C\CCCCC)COC(=O)CCCCCCCCCCCCCCCCCCCCCCCCCCCCCC. The van der Waals surface area contributed by atoms with Gasteiger partial charge in [0, 0.05) is 19.3 Å². The van der Waals surface area contributed by atoms with E-state index >= 15 is 0 Å². The van der Waals surface area contributed by atoms with Crippen molar-refractivity contribution in [2.24, 2.45) is 0 Å². The molecule has 0 spiro atoms. The molecule has 0 aliphatic rings. The summed E-state index contributed by atoms with van der Waals surface area (Å²) in [5.41, 5.74) is 0. The van der Waals surface area contributed by atoms with Crippen molar-refractivity contribution in [1.82, 2.24) is 0 Å². The molecular weight excluding hydrogens is 961 g/mol. The lowest BCUT2D eigenvalue weighted by atomic mass is 10.0. The molecule has 0 fully saturated rings. The Morgan fingerprint density at radius 2 is 0.500 bits per heavy atom. The van der Waals surface area contributed by atoms with Gasteiger partial charge in [-0.2, -0.15) is 0 Å². The lowest BCUT2D eigenvalue weighted by Gasteiger charge is -2.18. The quantitative estimate of drug-likeness (QED) is 0.0261. The van der Waals surface area contributed by atoms with Gasteiger partial charge >= 0.3 is 17.9 Å². The van der Waals surface area contributed by atoms with E-state index in [2.05, 4.69) is 93.7 Å². The molecule has 0 heterocycles. The Bertz CT molecular complexity index is 1440. The van der Waals surface area contributed by atoms with E-state index in [0.29, 0.717) is 19.3 Å². The first-order chi connectivity index (χ1) is 38.5. The first kappa shape index (κ1) is 74.8. The predicted octanol–water partition coefficient (Wildman–Crippen LogP) is 23.3. The van der Waals surface area contributed by atoms with Crippen molar-refractivity contribution in [3.8, 4) is 0 Å². The molecule has 0 aromatic carbocycles. The van der Waals surface area contributed by atoms with Crippen LogP contribution in [0.2, 0.25) is 0 Å². The smallest absolute Gasteiger partial charge is 0.306 e. The van der Waals surface area contributed by atoms with Crippen molar-refractivity contribution in [3.63, 3.8) is 0 Å². The second-order valence-corrected chi connectivity index (χ2v) is 22.7. The van der Waals surface area contributed by atoms with E-state index in [4.69, 9.17) is 14.2 Å². The summed E-state index contributed by atoms with van der Waals surface area (Å²) < 4.78 is 16.9. The maximum Gasteiger partial charge on any atom is 0.306 e. The molecule has 0 rings (SSSR count). The summed E-state index contributed by atoms with van der Waals surface area (Å²) in [4.78, 5) is 38.3. The molecular formula is C72H128O6. The van der Waals surface area contributed by atoms with Crippen LogP contribution < -0.4 is 0 Å². The van der Waals surface area contributed by atoms with E-state index in [9.17, 15) is 14.4 Å². The average Bonchev–Trinajstić information content (AvgIpc) is 3.44. The minimum absolute atomic E-state index is 0.0874. The highest BCUT2D eigenvalue weighted by atomic mass is 16.6. The fourth-order valence-electron chi connectivity index (χ4n) is 9.88. The lowest BCUT2D eigenvalue weighted by Crippen LogP contribution is -2.30. The van der Waals surface area contributed by atoms with Gasteiger partial charge in [0.15, 0.2) is 6.10 Å². The highest BCUT2D eigenvalue weighted by Crippen LogP contribution is 2.18. The molecule has 0 aliphatic heterocycles. The van der Waals surface area contributed by atoms with Crippen LogP contribution in [0.25, 0.3) is 0 Å². The summed E-state index contributed by atoms with van der Waals surface area (Å²) >= 11 is 0. The van der Waals surface area contributed by atoms with E-state index in [-0.39, 0.29) is 31.1 Å². The van der Waals surface area contributed by atoms with Crippen molar-refractivity contribution in [2.75, 3.05) is 13.2 Å². The Morgan fingerprint density at radius 3 is 0.808 bits per heavy atom. The number of esters is 3. The second kappa shape index (κ2) is 66.4. The molecule has 1 atom stereocenters. The van der Waals surface area contributed by atoms with Gasteiger partial charge in [-0.25, -0.2) is 0 Å². The maximum absolute atomic E-state index is 12.9. The van der Waals surface area contributed by atoms with Crippen LogP contribution >= 0.6 is 0 Å². The molecule has 6 heteroatoms. The van der Waals surface area contributed by atoms with Crippen molar-refractivity contribution < 1.29 is 28.6 Å². The first-order valence-corrected chi connectivity index (χ1v) is 33.9. The molecule has 0 bridgehead atoms. The van der Waals surface area contributed by atoms with E-state index < -0.39 is 6.10 Å². The number of hydrogen-bond donors (Lipinski definition) is 0. The van der Waals surface area contributed by atoms with Gasteiger partial charge in [0.1, 0.15) is 13.2 Å². The molecule has 1 unspecified atom stereocenters.